The Kier molecular flexibility index (Phi) is 5.30. The van der Waals surface area contributed by atoms with E-state index in [1.54, 1.807) is 34.1 Å². The summed E-state index contributed by atoms with van der Waals surface area (Å²) >= 11 is 0. The van der Waals surface area contributed by atoms with Crippen LogP contribution in [0.2, 0.25) is 0 Å². The molecule has 7 heteroatoms. The van der Waals surface area contributed by atoms with E-state index >= 15 is 0 Å². The molecule has 0 N–H and O–H groups in total. The van der Waals surface area contributed by atoms with Crippen LogP contribution in [0.5, 0.6) is 0 Å². The second kappa shape index (κ2) is 7.50. The molecule has 0 unspecified atom stereocenters. The van der Waals surface area contributed by atoms with Crippen LogP contribution in [0.25, 0.3) is 0 Å². The van der Waals surface area contributed by atoms with Crippen LogP contribution in [0.1, 0.15) is 55.4 Å². The van der Waals surface area contributed by atoms with Gasteiger partial charge >= 0.3 is 0 Å². The third kappa shape index (κ3) is 4.18. The topological polar surface area (TPSA) is 71.3 Å². The van der Waals surface area contributed by atoms with Crippen molar-refractivity contribution in [2.75, 3.05) is 13.1 Å². The van der Waals surface area contributed by atoms with Crippen molar-refractivity contribution in [2.24, 2.45) is 7.05 Å². The molecule has 3 heterocycles. The average Bonchev–Trinajstić information content (AvgIpc) is 3.26. The maximum atomic E-state index is 13.1. The Balaban J connectivity index is 1.71. The van der Waals surface area contributed by atoms with Gasteiger partial charge in [0.1, 0.15) is 5.69 Å². The summed E-state index contributed by atoms with van der Waals surface area (Å²) in [5.41, 5.74) is 2.25. The van der Waals surface area contributed by atoms with E-state index in [1.165, 1.54) is 0 Å². The van der Waals surface area contributed by atoms with E-state index in [1.807, 2.05) is 18.2 Å². The van der Waals surface area contributed by atoms with Crippen LogP contribution in [-0.2, 0) is 23.7 Å². The molecule has 144 valence electrons. The highest BCUT2D eigenvalue weighted by atomic mass is 16.2. The first-order valence-corrected chi connectivity index (χ1v) is 9.33. The van der Waals surface area contributed by atoms with E-state index in [4.69, 9.17) is 0 Å². The van der Waals surface area contributed by atoms with Crippen molar-refractivity contribution in [2.45, 2.75) is 45.4 Å². The van der Waals surface area contributed by atoms with Gasteiger partial charge in [0.25, 0.3) is 5.91 Å². The number of rotatable bonds is 4. The molecule has 1 aliphatic heterocycles. The number of carbonyl (C=O) groups excluding carboxylic acids is 2. The normalized spacial score (nSPS) is 14.7. The molecule has 2 amide bonds. The van der Waals surface area contributed by atoms with Crippen molar-refractivity contribution in [3.8, 4) is 0 Å². The van der Waals surface area contributed by atoms with Crippen molar-refractivity contribution < 1.29 is 9.59 Å². The lowest BCUT2D eigenvalue weighted by atomic mass is 9.92. The molecule has 7 nitrogen and oxygen atoms in total. The zero-order chi connectivity index (χ0) is 19.6. The van der Waals surface area contributed by atoms with Crippen LogP contribution in [0, 0.1) is 0 Å². The number of aryl methyl sites for hydroxylation is 2. The molecule has 1 fully saturated rings. The van der Waals surface area contributed by atoms with Gasteiger partial charge in [-0.15, -0.1) is 0 Å². The van der Waals surface area contributed by atoms with Crippen molar-refractivity contribution in [1.29, 1.82) is 0 Å². The van der Waals surface area contributed by atoms with Gasteiger partial charge in [-0.1, -0.05) is 26.8 Å². The molecular formula is C20H27N5O2. The van der Waals surface area contributed by atoms with Crippen molar-refractivity contribution in [3.05, 3.63) is 47.5 Å². The Morgan fingerprint density at radius 1 is 1.19 bits per heavy atom. The molecule has 2 aromatic heterocycles. The third-order valence-electron chi connectivity index (χ3n) is 4.77. The van der Waals surface area contributed by atoms with Gasteiger partial charge in [0.2, 0.25) is 5.91 Å². The van der Waals surface area contributed by atoms with E-state index in [0.29, 0.717) is 31.6 Å². The molecule has 3 rings (SSSR count). The molecule has 1 saturated heterocycles. The maximum Gasteiger partial charge on any atom is 0.290 e. The molecule has 27 heavy (non-hydrogen) atoms. The minimum Gasteiger partial charge on any atom is -0.273 e. The second-order valence-corrected chi connectivity index (χ2v) is 7.95. The van der Waals surface area contributed by atoms with E-state index in [9.17, 15) is 9.59 Å². The second-order valence-electron chi connectivity index (χ2n) is 7.95. The Bertz CT molecular complexity index is 823. The summed E-state index contributed by atoms with van der Waals surface area (Å²) in [5, 5.41) is 7.63. The molecule has 0 radical (unpaired) electrons. The van der Waals surface area contributed by atoms with E-state index in [0.717, 1.165) is 17.7 Å². The number of nitrogens with zero attached hydrogens (tertiary/aromatic N) is 5. The van der Waals surface area contributed by atoms with Gasteiger partial charge in [-0.2, -0.15) is 5.10 Å². The van der Waals surface area contributed by atoms with Crippen molar-refractivity contribution in [3.63, 3.8) is 0 Å². The van der Waals surface area contributed by atoms with E-state index < -0.39 is 0 Å². The van der Waals surface area contributed by atoms with Crippen LogP contribution in [-0.4, -0.2) is 49.7 Å². The first-order chi connectivity index (χ1) is 12.8. The molecule has 2 aromatic rings. The number of hydrogen-bond donors (Lipinski definition) is 0. The Hall–Kier alpha value is -2.70. The largest absolute Gasteiger partial charge is 0.290 e. The Labute approximate surface area is 160 Å². The SMILES string of the molecule is Cn1nc(C(C)(C)C)cc1C(=O)N1CCCN1C(=O)CCc1cccnc1. The zero-order valence-corrected chi connectivity index (χ0v) is 16.5. The monoisotopic (exact) mass is 369 g/mol. The minimum absolute atomic E-state index is 0.0390. The number of amides is 2. The summed E-state index contributed by atoms with van der Waals surface area (Å²) in [5.74, 6) is -0.212. The summed E-state index contributed by atoms with van der Waals surface area (Å²) in [6, 6.07) is 5.65. The smallest absolute Gasteiger partial charge is 0.273 e. The van der Waals surface area contributed by atoms with Crippen LogP contribution < -0.4 is 0 Å². The van der Waals surface area contributed by atoms with Crippen molar-refractivity contribution in [1.82, 2.24) is 24.8 Å². The van der Waals surface area contributed by atoms with Crippen LogP contribution >= 0.6 is 0 Å². The van der Waals surface area contributed by atoms with Gasteiger partial charge in [0, 0.05) is 44.4 Å². The minimum atomic E-state index is -0.173. The number of hydrogen-bond acceptors (Lipinski definition) is 4. The predicted octanol–water partition coefficient (Wildman–Crippen LogP) is 2.33. The van der Waals surface area contributed by atoms with Crippen LogP contribution in [0.3, 0.4) is 0 Å². The highest BCUT2D eigenvalue weighted by Gasteiger charge is 2.33. The van der Waals surface area contributed by atoms with Gasteiger partial charge in [-0.25, -0.2) is 5.01 Å². The fraction of sp³-hybridized carbons (Fsp3) is 0.500. The average molecular weight is 369 g/mol. The number of aromatic nitrogens is 3. The highest BCUT2D eigenvalue weighted by Crippen LogP contribution is 2.23. The van der Waals surface area contributed by atoms with Crippen LogP contribution in [0.15, 0.2) is 30.6 Å². The molecule has 0 bridgehead atoms. The Morgan fingerprint density at radius 3 is 2.56 bits per heavy atom. The summed E-state index contributed by atoms with van der Waals surface area (Å²) in [6.45, 7) is 7.31. The lowest BCUT2D eigenvalue weighted by Gasteiger charge is -2.27. The number of hydrazine groups is 1. The fourth-order valence-corrected chi connectivity index (χ4v) is 3.17. The number of carbonyl (C=O) groups is 2. The van der Waals surface area contributed by atoms with Gasteiger partial charge in [0.15, 0.2) is 0 Å². The van der Waals surface area contributed by atoms with E-state index in [2.05, 4.69) is 30.9 Å². The summed E-state index contributed by atoms with van der Waals surface area (Å²) < 4.78 is 1.61. The molecular weight excluding hydrogens is 342 g/mol. The molecule has 0 aliphatic carbocycles. The van der Waals surface area contributed by atoms with E-state index in [-0.39, 0.29) is 17.2 Å². The zero-order valence-electron chi connectivity index (χ0n) is 16.5. The standard InChI is InChI=1S/C20H27N5O2/c1-20(2,3)17-13-16(23(4)22-17)19(27)25-12-6-11-24(25)18(26)9-8-15-7-5-10-21-14-15/h5,7,10,13-14H,6,8-9,11-12H2,1-4H3. The van der Waals surface area contributed by atoms with Gasteiger partial charge in [-0.05, 0) is 30.5 Å². The third-order valence-corrected chi connectivity index (χ3v) is 4.77. The quantitative estimate of drug-likeness (QED) is 0.829. The molecule has 0 aromatic carbocycles. The van der Waals surface area contributed by atoms with Gasteiger partial charge in [0.05, 0.1) is 5.69 Å². The summed E-state index contributed by atoms with van der Waals surface area (Å²) in [6.07, 6.45) is 5.24. The molecule has 0 atom stereocenters. The summed E-state index contributed by atoms with van der Waals surface area (Å²) in [7, 11) is 1.77. The molecule has 1 aliphatic rings. The predicted molar refractivity (Wildman–Crippen MR) is 102 cm³/mol. The lowest BCUT2D eigenvalue weighted by Crippen LogP contribution is -2.45. The van der Waals surface area contributed by atoms with Gasteiger partial charge in [-0.3, -0.25) is 24.3 Å². The first-order valence-electron chi connectivity index (χ1n) is 9.33. The lowest BCUT2D eigenvalue weighted by molar-refractivity contribution is -0.140. The molecule has 0 spiro atoms. The highest BCUT2D eigenvalue weighted by molar-refractivity contribution is 5.94. The summed E-state index contributed by atoms with van der Waals surface area (Å²) in [4.78, 5) is 29.8. The Morgan fingerprint density at radius 2 is 1.93 bits per heavy atom. The molecule has 0 saturated carbocycles. The van der Waals surface area contributed by atoms with Crippen molar-refractivity contribution >= 4 is 11.8 Å². The van der Waals surface area contributed by atoms with Gasteiger partial charge < -0.3 is 0 Å². The number of pyridine rings is 1. The first kappa shape index (κ1) is 19.1. The maximum absolute atomic E-state index is 13.1. The fourth-order valence-electron chi connectivity index (χ4n) is 3.17. The van der Waals surface area contributed by atoms with Crippen LogP contribution in [0.4, 0.5) is 0 Å².